The minimum Gasteiger partial charge on any atom is -0.393 e. The second-order valence-corrected chi connectivity index (χ2v) is 4.03. The molecule has 60 valence electrons. The first-order chi connectivity index (χ1) is 4.84. The Hall–Kier alpha value is 0.310. The third kappa shape index (κ3) is 2.17. The van der Waals surface area contributed by atoms with E-state index in [9.17, 15) is 5.11 Å². The lowest BCUT2D eigenvalue weighted by atomic mass is 9.80. The summed E-state index contributed by atoms with van der Waals surface area (Å²) in [6, 6.07) is 0. The number of hydrogen-bond acceptors (Lipinski definition) is 2. The largest absolute Gasteiger partial charge is 0.393 e. The zero-order valence-corrected chi connectivity index (χ0v) is 7.36. The van der Waals surface area contributed by atoms with Crippen LogP contribution >= 0.6 is 11.8 Å². The van der Waals surface area contributed by atoms with E-state index in [1.54, 1.807) is 0 Å². The zero-order valence-electron chi connectivity index (χ0n) is 6.55. The lowest BCUT2D eigenvalue weighted by molar-refractivity contribution is 0.0607. The highest BCUT2D eigenvalue weighted by Crippen LogP contribution is 2.31. The van der Waals surface area contributed by atoms with E-state index in [0.29, 0.717) is 5.92 Å². The maximum Gasteiger partial charge on any atom is 0.0576 e. The van der Waals surface area contributed by atoms with Gasteiger partial charge in [-0.05, 0) is 37.2 Å². The van der Waals surface area contributed by atoms with Crippen molar-refractivity contribution in [3.8, 4) is 0 Å². The molecule has 0 spiro atoms. The van der Waals surface area contributed by atoms with E-state index in [1.807, 2.05) is 11.8 Å². The van der Waals surface area contributed by atoms with E-state index in [4.69, 9.17) is 0 Å². The summed E-state index contributed by atoms with van der Waals surface area (Å²) in [5, 5.41) is 9.49. The van der Waals surface area contributed by atoms with Crippen molar-refractivity contribution in [2.45, 2.75) is 31.8 Å². The van der Waals surface area contributed by atoms with E-state index >= 15 is 0 Å². The number of rotatable bonds is 4. The Morgan fingerprint density at radius 3 is 2.70 bits per heavy atom. The molecule has 1 N–H and O–H groups in total. The summed E-state index contributed by atoms with van der Waals surface area (Å²) in [5.41, 5.74) is 0. The number of hydrogen-bond donors (Lipinski definition) is 1. The van der Waals surface area contributed by atoms with Crippen LogP contribution in [0.3, 0.4) is 0 Å². The fraction of sp³-hybridized carbons (Fsp3) is 1.00. The van der Waals surface area contributed by atoms with Crippen molar-refractivity contribution in [2.24, 2.45) is 5.92 Å². The third-order valence-corrected chi connectivity index (χ3v) is 2.96. The average Bonchev–Trinajstić information content (AvgIpc) is 1.79. The first kappa shape index (κ1) is 8.41. The molecule has 0 heterocycles. The monoisotopic (exact) mass is 160 g/mol. The molecule has 1 atom stereocenters. The SMILES string of the molecule is CSCCC(O)C1CCC1. The van der Waals surface area contributed by atoms with Gasteiger partial charge in [-0.1, -0.05) is 6.42 Å². The van der Waals surface area contributed by atoms with Crippen LogP contribution < -0.4 is 0 Å². The van der Waals surface area contributed by atoms with Gasteiger partial charge in [0, 0.05) is 0 Å². The number of thioether (sulfide) groups is 1. The van der Waals surface area contributed by atoms with E-state index < -0.39 is 0 Å². The maximum atomic E-state index is 9.49. The summed E-state index contributed by atoms with van der Waals surface area (Å²) in [4.78, 5) is 0. The van der Waals surface area contributed by atoms with Gasteiger partial charge in [-0.25, -0.2) is 0 Å². The second-order valence-electron chi connectivity index (χ2n) is 3.04. The smallest absolute Gasteiger partial charge is 0.0576 e. The van der Waals surface area contributed by atoms with Gasteiger partial charge in [-0.3, -0.25) is 0 Å². The maximum absolute atomic E-state index is 9.49. The molecule has 1 saturated carbocycles. The fourth-order valence-corrected chi connectivity index (χ4v) is 1.78. The van der Waals surface area contributed by atoms with Crippen molar-refractivity contribution in [3.05, 3.63) is 0 Å². The summed E-state index contributed by atoms with van der Waals surface area (Å²) in [5.74, 6) is 1.75. The van der Waals surface area contributed by atoms with Gasteiger partial charge in [0.25, 0.3) is 0 Å². The van der Waals surface area contributed by atoms with Crippen LogP contribution in [0.2, 0.25) is 0 Å². The summed E-state index contributed by atoms with van der Waals surface area (Å²) in [6.45, 7) is 0. The molecule has 2 heteroatoms. The standard InChI is InChI=1S/C8H16OS/c1-10-6-5-8(9)7-3-2-4-7/h7-9H,2-6H2,1H3. The highest BCUT2D eigenvalue weighted by Gasteiger charge is 2.24. The van der Waals surface area contributed by atoms with Gasteiger partial charge in [-0.15, -0.1) is 0 Å². The molecular weight excluding hydrogens is 144 g/mol. The van der Waals surface area contributed by atoms with Crippen molar-refractivity contribution >= 4 is 11.8 Å². The molecule has 1 nitrogen and oxygen atoms in total. The van der Waals surface area contributed by atoms with Gasteiger partial charge in [0.2, 0.25) is 0 Å². The van der Waals surface area contributed by atoms with Gasteiger partial charge in [0.1, 0.15) is 0 Å². The van der Waals surface area contributed by atoms with Gasteiger partial charge in [-0.2, -0.15) is 11.8 Å². The molecule has 1 aliphatic carbocycles. The molecule has 1 unspecified atom stereocenters. The summed E-state index contributed by atoms with van der Waals surface area (Å²) >= 11 is 1.82. The lowest BCUT2D eigenvalue weighted by Gasteiger charge is -2.30. The van der Waals surface area contributed by atoms with E-state index in [-0.39, 0.29) is 6.10 Å². The van der Waals surface area contributed by atoms with Gasteiger partial charge < -0.3 is 5.11 Å². The predicted molar refractivity (Wildman–Crippen MR) is 46.3 cm³/mol. The molecule has 0 aromatic rings. The van der Waals surface area contributed by atoms with Crippen LogP contribution in [0.4, 0.5) is 0 Å². The van der Waals surface area contributed by atoms with Crippen LogP contribution in [0.1, 0.15) is 25.7 Å². The highest BCUT2D eigenvalue weighted by molar-refractivity contribution is 7.98. The van der Waals surface area contributed by atoms with Gasteiger partial charge >= 0.3 is 0 Å². The van der Waals surface area contributed by atoms with Crippen LogP contribution in [0.25, 0.3) is 0 Å². The average molecular weight is 160 g/mol. The number of aliphatic hydroxyl groups is 1. The van der Waals surface area contributed by atoms with Gasteiger partial charge in [0.15, 0.2) is 0 Å². The molecule has 0 bridgehead atoms. The summed E-state index contributed by atoms with van der Waals surface area (Å²) < 4.78 is 0. The minimum absolute atomic E-state index is 0.00111. The molecule has 0 radical (unpaired) electrons. The van der Waals surface area contributed by atoms with Crippen LogP contribution in [0.5, 0.6) is 0 Å². The first-order valence-electron chi connectivity index (χ1n) is 4.01. The highest BCUT2D eigenvalue weighted by atomic mass is 32.2. The van der Waals surface area contributed by atoms with Crippen molar-refractivity contribution in [2.75, 3.05) is 12.0 Å². The number of aliphatic hydroxyl groups excluding tert-OH is 1. The van der Waals surface area contributed by atoms with Crippen LogP contribution in [0.15, 0.2) is 0 Å². The Balaban J connectivity index is 2.02. The molecule has 1 rings (SSSR count). The zero-order chi connectivity index (χ0) is 7.40. The third-order valence-electron chi connectivity index (χ3n) is 2.31. The minimum atomic E-state index is 0.00111. The van der Waals surface area contributed by atoms with Crippen LogP contribution in [0, 0.1) is 5.92 Å². The van der Waals surface area contributed by atoms with E-state index in [2.05, 4.69) is 6.26 Å². The van der Waals surface area contributed by atoms with Crippen LogP contribution in [-0.2, 0) is 0 Å². The normalized spacial score (nSPS) is 22.2. The Bertz CT molecular complexity index is 91.3. The summed E-state index contributed by atoms with van der Waals surface area (Å²) in [6.07, 6.45) is 6.94. The Labute approximate surface area is 67.2 Å². The Kier molecular flexibility index (Phi) is 3.57. The molecule has 10 heavy (non-hydrogen) atoms. The topological polar surface area (TPSA) is 20.2 Å². The van der Waals surface area contributed by atoms with Crippen molar-refractivity contribution in [3.63, 3.8) is 0 Å². The van der Waals surface area contributed by atoms with E-state index in [1.165, 1.54) is 19.3 Å². The Morgan fingerprint density at radius 1 is 1.60 bits per heavy atom. The molecule has 0 aliphatic heterocycles. The molecule has 0 amide bonds. The molecule has 1 fully saturated rings. The van der Waals surface area contributed by atoms with Crippen molar-refractivity contribution < 1.29 is 5.11 Å². The molecular formula is C8H16OS. The van der Waals surface area contributed by atoms with Crippen molar-refractivity contribution in [1.29, 1.82) is 0 Å². The quantitative estimate of drug-likeness (QED) is 0.678. The molecule has 0 aromatic heterocycles. The lowest BCUT2D eigenvalue weighted by Crippen LogP contribution is -2.26. The van der Waals surface area contributed by atoms with E-state index in [0.717, 1.165) is 12.2 Å². The first-order valence-corrected chi connectivity index (χ1v) is 5.41. The molecule has 0 saturated heterocycles. The second kappa shape index (κ2) is 4.24. The van der Waals surface area contributed by atoms with Gasteiger partial charge in [0.05, 0.1) is 6.10 Å². The summed E-state index contributed by atoms with van der Waals surface area (Å²) in [7, 11) is 0. The molecule has 1 aliphatic rings. The predicted octanol–water partition coefficient (Wildman–Crippen LogP) is 1.90. The van der Waals surface area contributed by atoms with Crippen LogP contribution in [-0.4, -0.2) is 23.2 Å². The Morgan fingerprint density at radius 2 is 2.30 bits per heavy atom. The fourth-order valence-electron chi connectivity index (χ4n) is 1.30. The molecule has 0 aromatic carbocycles. The van der Waals surface area contributed by atoms with Crippen molar-refractivity contribution in [1.82, 2.24) is 0 Å².